The fourth-order valence-electron chi connectivity index (χ4n) is 3.28. The van der Waals surface area contributed by atoms with Gasteiger partial charge in [0.2, 0.25) is 5.91 Å². The molecule has 0 fully saturated rings. The molecule has 0 radical (unpaired) electrons. The van der Waals surface area contributed by atoms with Gasteiger partial charge >= 0.3 is 6.09 Å². The van der Waals surface area contributed by atoms with Crippen LogP contribution in [0.3, 0.4) is 0 Å². The lowest BCUT2D eigenvalue weighted by Gasteiger charge is -2.13. The van der Waals surface area contributed by atoms with E-state index in [1.165, 1.54) is 11.3 Å². The summed E-state index contributed by atoms with van der Waals surface area (Å²) >= 11 is 1.43. The van der Waals surface area contributed by atoms with Crippen molar-refractivity contribution in [1.82, 2.24) is 5.32 Å². The molecule has 0 atom stereocenters. The number of hydrogen-bond donors (Lipinski definition) is 2. The Bertz CT molecular complexity index is 887. The molecular weight excluding hydrogens is 376 g/mol. The molecule has 1 aromatic heterocycles. The smallest absolute Gasteiger partial charge is 0.414 e. The molecule has 1 aliphatic rings. The summed E-state index contributed by atoms with van der Waals surface area (Å²) in [4.78, 5) is 38.0. The molecule has 0 bridgehead atoms. The van der Waals surface area contributed by atoms with Crippen LogP contribution in [0.5, 0.6) is 0 Å². The van der Waals surface area contributed by atoms with E-state index in [0.717, 1.165) is 47.3 Å². The Morgan fingerprint density at radius 2 is 1.82 bits per heavy atom. The third kappa shape index (κ3) is 4.78. The van der Waals surface area contributed by atoms with Crippen molar-refractivity contribution in [3.8, 4) is 0 Å². The van der Waals surface area contributed by atoms with Gasteiger partial charge in [-0.2, -0.15) is 0 Å². The predicted octanol–water partition coefficient (Wildman–Crippen LogP) is 4.00. The molecular formula is C21H24N2O4S. The summed E-state index contributed by atoms with van der Waals surface area (Å²) in [5, 5.41) is 5.65. The second-order valence-electron chi connectivity index (χ2n) is 6.80. The largest absolute Gasteiger partial charge is 0.450 e. The number of imide groups is 1. The van der Waals surface area contributed by atoms with E-state index in [-0.39, 0.29) is 18.9 Å². The lowest BCUT2D eigenvalue weighted by atomic mass is 9.95. The number of thiophene rings is 1. The minimum atomic E-state index is -0.778. The Morgan fingerprint density at radius 3 is 2.54 bits per heavy atom. The van der Waals surface area contributed by atoms with E-state index in [1.54, 1.807) is 6.92 Å². The Balaban J connectivity index is 1.80. The quantitative estimate of drug-likeness (QED) is 0.794. The van der Waals surface area contributed by atoms with E-state index in [4.69, 9.17) is 4.74 Å². The molecule has 1 aliphatic carbocycles. The lowest BCUT2D eigenvalue weighted by Crippen LogP contribution is -2.32. The number of hydrogen-bond acceptors (Lipinski definition) is 5. The zero-order chi connectivity index (χ0) is 20.1. The fourth-order valence-corrected chi connectivity index (χ4v) is 4.58. The number of amides is 3. The van der Waals surface area contributed by atoms with Crippen LogP contribution in [0.1, 0.15) is 51.7 Å². The van der Waals surface area contributed by atoms with Crippen LogP contribution in [0.15, 0.2) is 24.3 Å². The first-order valence-electron chi connectivity index (χ1n) is 9.46. The molecule has 3 rings (SSSR count). The number of benzene rings is 1. The summed E-state index contributed by atoms with van der Waals surface area (Å²) in [6.07, 6.45) is 3.14. The molecule has 3 amide bonds. The van der Waals surface area contributed by atoms with E-state index in [1.807, 2.05) is 31.2 Å². The van der Waals surface area contributed by atoms with E-state index < -0.39 is 12.0 Å². The van der Waals surface area contributed by atoms with Crippen molar-refractivity contribution in [3.05, 3.63) is 51.4 Å². The summed E-state index contributed by atoms with van der Waals surface area (Å²) in [7, 11) is 0. The first-order valence-corrected chi connectivity index (χ1v) is 10.3. The van der Waals surface area contributed by atoms with Gasteiger partial charge in [0.25, 0.3) is 5.91 Å². The molecule has 0 unspecified atom stereocenters. The van der Waals surface area contributed by atoms with Crippen molar-refractivity contribution in [2.45, 2.75) is 46.0 Å². The first-order chi connectivity index (χ1) is 13.5. The normalized spacial score (nSPS) is 12.8. The summed E-state index contributed by atoms with van der Waals surface area (Å²) < 4.78 is 4.81. The molecule has 28 heavy (non-hydrogen) atoms. The van der Waals surface area contributed by atoms with Gasteiger partial charge in [0.15, 0.2) is 0 Å². The predicted molar refractivity (Wildman–Crippen MR) is 109 cm³/mol. The zero-order valence-corrected chi connectivity index (χ0v) is 16.9. The number of nitrogens with one attached hydrogen (secondary N) is 2. The Hall–Kier alpha value is -2.67. The average Bonchev–Trinajstić information content (AvgIpc) is 3.01. The number of carbonyl (C=O) groups excluding carboxylic acids is 3. The van der Waals surface area contributed by atoms with Crippen LogP contribution in [0, 0.1) is 6.92 Å². The maximum absolute atomic E-state index is 12.7. The van der Waals surface area contributed by atoms with Gasteiger partial charge in [-0.25, -0.2) is 4.79 Å². The summed E-state index contributed by atoms with van der Waals surface area (Å²) in [5.41, 5.74) is 3.36. The number of fused-ring (bicyclic) bond motifs is 1. The van der Waals surface area contributed by atoms with Crippen molar-refractivity contribution in [1.29, 1.82) is 0 Å². The SMILES string of the molecule is CCOC(=O)NC(=O)c1c(NC(=O)Cc2ccc(C)cc2)sc2c1CCCC2. The molecule has 7 heteroatoms. The minimum Gasteiger partial charge on any atom is -0.450 e. The number of alkyl carbamates (subject to hydrolysis) is 1. The van der Waals surface area contributed by atoms with Gasteiger partial charge < -0.3 is 10.1 Å². The van der Waals surface area contributed by atoms with Crippen molar-refractivity contribution in [2.24, 2.45) is 0 Å². The zero-order valence-electron chi connectivity index (χ0n) is 16.1. The van der Waals surface area contributed by atoms with E-state index in [0.29, 0.717) is 10.6 Å². The summed E-state index contributed by atoms with van der Waals surface area (Å²) in [5.74, 6) is -0.712. The molecule has 2 aromatic rings. The monoisotopic (exact) mass is 400 g/mol. The van der Waals surface area contributed by atoms with Gasteiger partial charge in [-0.1, -0.05) is 29.8 Å². The van der Waals surface area contributed by atoms with Crippen molar-refractivity contribution in [2.75, 3.05) is 11.9 Å². The van der Waals surface area contributed by atoms with Crippen LogP contribution < -0.4 is 10.6 Å². The fraction of sp³-hybridized carbons (Fsp3) is 0.381. The highest BCUT2D eigenvalue weighted by Gasteiger charge is 2.27. The molecule has 0 aliphatic heterocycles. The van der Waals surface area contributed by atoms with E-state index in [9.17, 15) is 14.4 Å². The topological polar surface area (TPSA) is 84.5 Å². The number of anilines is 1. The molecule has 6 nitrogen and oxygen atoms in total. The van der Waals surface area contributed by atoms with Gasteiger partial charge in [0.1, 0.15) is 5.00 Å². The molecule has 1 heterocycles. The van der Waals surface area contributed by atoms with Crippen LogP contribution in [0.25, 0.3) is 0 Å². The number of rotatable bonds is 5. The summed E-state index contributed by atoms with van der Waals surface area (Å²) in [6.45, 7) is 3.85. The first kappa shape index (κ1) is 20.1. The molecule has 0 spiro atoms. The third-order valence-electron chi connectivity index (χ3n) is 4.63. The van der Waals surface area contributed by atoms with Crippen LogP contribution >= 0.6 is 11.3 Å². The number of aryl methyl sites for hydroxylation is 2. The van der Waals surface area contributed by atoms with Gasteiger partial charge in [0.05, 0.1) is 18.6 Å². The lowest BCUT2D eigenvalue weighted by molar-refractivity contribution is -0.115. The summed E-state index contributed by atoms with van der Waals surface area (Å²) in [6, 6.07) is 7.76. The van der Waals surface area contributed by atoms with Gasteiger partial charge in [0, 0.05) is 4.88 Å². The third-order valence-corrected chi connectivity index (χ3v) is 5.83. The van der Waals surface area contributed by atoms with Crippen molar-refractivity contribution < 1.29 is 19.1 Å². The van der Waals surface area contributed by atoms with Crippen LogP contribution in [0.4, 0.5) is 9.80 Å². The molecule has 0 saturated carbocycles. The van der Waals surface area contributed by atoms with Gasteiger partial charge in [-0.15, -0.1) is 11.3 Å². The molecule has 1 aromatic carbocycles. The van der Waals surface area contributed by atoms with Gasteiger partial charge in [-0.05, 0) is 50.7 Å². The molecule has 2 N–H and O–H groups in total. The highest BCUT2D eigenvalue weighted by Crippen LogP contribution is 2.38. The highest BCUT2D eigenvalue weighted by atomic mass is 32.1. The maximum atomic E-state index is 12.7. The van der Waals surface area contributed by atoms with Crippen LogP contribution in [-0.2, 0) is 28.8 Å². The van der Waals surface area contributed by atoms with Crippen molar-refractivity contribution in [3.63, 3.8) is 0 Å². The second kappa shape index (κ2) is 9.01. The minimum absolute atomic E-state index is 0.182. The van der Waals surface area contributed by atoms with Crippen molar-refractivity contribution >= 4 is 34.2 Å². The highest BCUT2D eigenvalue weighted by molar-refractivity contribution is 7.17. The standard InChI is InChI=1S/C21H24N2O4S/c1-3-27-21(26)23-19(25)18-15-6-4-5-7-16(15)28-20(18)22-17(24)12-14-10-8-13(2)9-11-14/h8-11H,3-7,12H2,1-2H3,(H,22,24)(H,23,25,26). The molecule has 0 saturated heterocycles. The van der Waals surface area contributed by atoms with Crippen LogP contribution in [-0.4, -0.2) is 24.5 Å². The number of carbonyl (C=O) groups is 3. The number of ether oxygens (including phenoxy) is 1. The second-order valence-corrected chi connectivity index (χ2v) is 7.91. The van der Waals surface area contributed by atoms with Gasteiger partial charge in [-0.3, -0.25) is 14.9 Å². The molecule has 148 valence electrons. The van der Waals surface area contributed by atoms with E-state index in [2.05, 4.69) is 10.6 Å². The average molecular weight is 401 g/mol. The maximum Gasteiger partial charge on any atom is 0.414 e. The Labute approximate surface area is 168 Å². The van der Waals surface area contributed by atoms with Crippen LogP contribution in [0.2, 0.25) is 0 Å². The Kier molecular flexibility index (Phi) is 6.46. The Morgan fingerprint density at radius 1 is 1.11 bits per heavy atom. The van der Waals surface area contributed by atoms with E-state index >= 15 is 0 Å².